The van der Waals surface area contributed by atoms with E-state index in [2.05, 4.69) is 0 Å². The van der Waals surface area contributed by atoms with Crippen molar-refractivity contribution in [2.75, 3.05) is 13.2 Å². The Labute approximate surface area is 94.4 Å². The van der Waals surface area contributed by atoms with E-state index in [1.54, 1.807) is 0 Å². The normalized spacial score (nSPS) is 20.5. The Morgan fingerprint density at radius 3 is 2.44 bits per heavy atom. The first-order valence-electron chi connectivity index (χ1n) is 5.49. The SMILES string of the molecule is O=C(O)C=C(OCCO)C1(O)CCCCC1. The number of hydrogen-bond donors (Lipinski definition) is 3. The topological polar surface area (TPSA) is 87.0 Å². The quantitative estimate of drug-likeness (QED) is 0.477. The lowest BCUT2D eigenvalue weighted by atomic mass is 9.83. The molecule has 0 amide bonds. The maximum atomic E-state index is 10.6. The molecule has 3 N–H and O–H groups in total. The Balaban J connectivity index is 2.77. The molecule has 0 spiro atoms. The Morgan fingerprint density at radius 1 is 1.31 bits per heavy atom. The number of hydrogen-bond acceptors (Lipinski definition) is 4. The molecule has 1 aliphatic rings. The van der Waals surface area contributed by atoms with Gasteiger partial charge in [-0.3, -0.25) is 0 Å². The molecule has 1 saturated carbocycles. The molecule has 0 bridgehead atoms. The smallest absolute Gasteiger partial charge is 0.331 e. The minimum absolute atomic E-state index is 0.00141. The van der Waals surface area contributed by atoms with Crippen molar-refractivity contribution in [1.82, 2.24) is 0 Å². The van der Waals surface area contributed by atoms with Crippen molar-refractivity contribution in [2.24, 2.45) is 0 Å². The highest BCUT2D eigenvalue weighted by atomic mass is 16.5. The van der Waals surface area contributed by atoms with Gasteiger partial charge in [0.25, 0.3) is 0 Å². The summed E-state index contributed by atoms with van der Waals surface area (Å²) in [6.45, 7) is -0.200. The summed E-state index contributed by atoms with van der Waals surface area (Å²) in [6.07, 6.45) is 4.67. The molecule has 0 radical (unpaired) electrons. The molecule has 92 valence electrons. The number of carboxylic acid groups (broad SMARTS) is 1. The molecular weight excluding hydrogens is 212 g/mol. The molecule has 0 unspecified atom stereocenters. The first-order chi connectivity index (χ1) is 7.58. The molecule has 1 fully saturated rings. The van der Waals surface area contributed by atoms with Crippen LogP contribution in [0.15, 0.2) is 11.8 Å². The fourth-order valence-corrected chi connectivity index (χ4v) is 1.96. The third-order valence-electron chi connectivity index (χ3n) is 2.74. The van der Waals surface area contributed by atoms with E-state index in [4.69, 9.17) is 14.9 Å². The summed E-state index contributed by atoms with van der Waals surface area (Å²) in [4.78, 5) is 10.6. The summed E-state index contributed by atoms with van der Waals surface area (Å²) in [5.41, 5.74) is -1.17. The number of ether oxygens (including phenoxy) is 1. The molecule has 0 aromatic carbocycles. The van der Waals surface area contributed by atoms with Crippen LogP contribution in [0, 0.1) is 0 Å². The second-order valence-electron chi connectivity index (χ2n) is 4.01. The van der Waals surface area contributed by atoms with Gasteiger partial charge in [-0.2, -0.15) is 0 Å². The predicted molar refractivity (Wildman–Crippen MR) is 56.8 cm³/mol. The number of aliphatic carboxylic acids is 1. The van der Waals surface area contributed by atoms with Gasteiger partial charge in [0.1, 0.15) is 18.0 Å². The lowest BCUT2D eigenvalue weighted by molar-refractivity contribution is -0.132. The lowest BCUT2D eigenvalue weighted by Crippen LogP contribution is -2.35. The summed E-state index contributed by atoms with van der Waals surface area (Å²) in [7, 11) is 0. The summed E-state index contributed by atoms with van der Waals surface area (Å²) in [5, 5.41) is 27.6. The van der Waals surface area contributed by atoms with Crippen molar-refractivity contribution in [2.45, 2.75) is 37.7 Å². The number of aliphatic hydroxyl groups is 2. The zero-order valence-electron chi connectivity index (χ0n) is 9.19. The number of rotatable bonds is 5. The Morgan fingerprint density at radius 2 is 1.94 bits per heavy atom. The number of carboxylic acids is 1. The molecule has 0 heterocycles. The van der Waals surface area contributed by atoms with Crippen LogP contribution in [-0.2, 0) is 9.53 Å². The summed E-state index contributed by atoms with van der Waals surface area (Å²) in [5.74, 6) is -1.08. The van der Waals surface area contributed by atoms with Crippen LogP contribution in [0.3, 0.4) is 0 Å². The van der Waals surface area contributed by atoms with Crippen LogP contribution < -0.4 is 0 Å². The standard InChI is InChI=1S/C11H18O5/c12-6-7-16-9(8-10(13)14)11(15)4-2-1-3-5-11/h8,12,15H,1-7H2,(H,13,14). The van der Waals surface area contributed by atoms with E-state index in [1.165, 1.54) is 0 Å². The van der Waals surface area contributed by atoms with E-state index in [-0.39, 0.29) is 19.0 Å². The largest absolute Gasteiger partial charge is 0.492 e. The van der Waals surface area contributed by atoms with E-state index in [0.717, 1.165) is 25.3 Å². The molecule has 0 atom stereocenters. The van der Waals surface area contributed by atoms with Gasteiger partial charge in [-0.25, -0.2) is 4.79 Å². The zero-order chi connectivity index (χ0) is 12.0. The van der Waals surface area contributed by atoms with Gasteiger partial charge in [0, 0.05) is 0 Å². The van der Waals surface area contributed by atoms with Crippen molar-refractivity contribution >= 4 is 5.97 Å². The summed E-state index contributed by atoms with van der Waals surface area (Å²) >= 11 is 0. The first kappa shape index (κ1) is 13.0. The molecule has 1 rings (SSSR count). The highest BCUT2D eigenvalue weighted by molar-refractivity contribution is 5.80. The fourth-order valence-electron chi connectivity index (χ4n) is 1.96. The Hall–Kier alpha value is -1.07. The van der Waals surface area contributed by atoms with Gasteiger partial charge in [0.2, 0.25) is 0 Å². The van der Waals surface area contributed by atoms with Gasteiger partial charge in [-0.05, 0) is 12.8 Å². The van der Waals surface area contributed by atoms with Crippen LogP contribution in [0.4, 0.5) is 0 Å². The highest BCUT2D eigenvalue weighted by Crippen LogP contribution is 2.34. The van der Waals surface area contributed by atoms with Crippen LogP contribution in [-0.4, -0.2) is 40.1 Å². The van der Waals surface area contributed by atoms with E-state index in [1.807, 2.05) is 0 Å². The second kappa shape index (κ2) is 5.86. The minimum Gasteiger partial charge on any atom is -0.492 e. The van der Waals surface area contributed by atoms with Crippen molar-refractivity contribution in [3.63, 3.8) is 0 Å². The average Bonchev–Trinajstić information content (AvgIpc) is 2.24. The monoisotopic (exact) mass is 230 g/mol. The van der Waals surface area contributed by atoms with Crippen molar-refractivity contribution in [3.8, 4) is 0 Å². The Bertz CT molecular complexity index is 266. The van der Waals surface area contributed by atoms with Gasteiger partial charge >= 0.3 is 5.97 Å². The highest BCUT2D eigenvalue weighted by Gasteiger charge is 2.35. The molecule has 1 aliphatic carbocycles. The van der Waals surface area contributed by atoms with E-state index < -0.39 is 11.6 Å². The molecule has 0 aromatic heterocycles. The predicted octanol–water partition coefficient (Wildman–Crippen LogP) is 0.659. The van der Waals surface area contributed by atoms with E-state index in [9.17, 15) is 9.90 Å². The summed E-state index contributed by atoms with van der Waals surface area (Å²) < 4.78 is 5.12. The molecule has 16 heavy (non-hydrogen) atoms. The van der Waals surface area contributed by atoms with Crippen LogP contribution in [0.2, 0.25) is 0 Å². The summed E-state index contributed by atoms with van der Waals surface area (Å²) in [6, 6.07) is 0. The number of carbonyl (C=O) groups is 1. The van der Waals surface area contributed by atoms with Crippen LogP contribution in [0.5, 0.6) is 0 Å². The third-order valence-corrected chi connectivity index (χ3v) is 2.74. The molecule has 0 saturated heterocycles. The van der Waals surface area contributed by atoms with Crippen LogP contribution in [0.25, 0.3) is 0 Å². The molecule has 0 aliphatic heterocycles. The molecular formula is C11H18O5. The van der Waals surface area contributed by atoms with Crippen molar-refractivity contribution < 1.29 is 24.9 Å². The fraction of sp³-hybridized carbons (Fsp3) is 0.727. The zero-order valence-corrected chi connectivity index (χ0v) is 9.19. The van der Waals surface area contributed by atoms with Gasteiger partial charge in [0.15, 0.2) is 0 Å². The maximum absolute atomic E-state index is 10.6. The van der Waals surface area contributed by atoms with Crippen molar-refractivity contribution in [1.29, 1.82) is 0 Å². The van der Waals surface area contributed by atoms with E-state index in [0.29, 0.717) is 12.8 Å². The van der Waals surface area contributed by atoms with Gasteiger partial charge in [0.05, 0.1) is 12.7 Å². The average molecular weight is 230 g/mol. The third kappa shape index (κ3) is 3.50. The molecule has 5 heteroatoms. The molecule has 0 aromatic rings. The van der Waals surface area contributed by atoms with Crippen molar-refractivity contribution in [3.05, 3.63) is 11.8 Å². The van der Waals surface area contributed by atoms with Gasteiger partial charge < -0.3 is 20.1 Å². The first-order valence-corrected chi connectivity index (χ1v) is 5.49. The second-order valence-corrected chi connectivity index (χ2v) is 4.01. The van der Waals surface area contributed by atoms with Gasteiger partial charge in [-0.15, -0.1) is 0 Å². The van der Waals surface area contributed by atoms with Crippen LogP contribution in [0.1, 0.15) is 32.1 Å². The maximum Gasteiger partial charge on any atom is 0.331 e. The lowest BCUT2D eigenvalue weighted by Gasteiger charge is -2.33. The van der Waals surface area contributed by atoms with Crippen LogP contribution >= 0.6 is 0 Å². The van der Waals surface area contributed by atoms with E-state index >= 15 is 0 Å². The Kier molecular flexibility index (Phi) is 4.76. The minimum atomic E-state index is -1.17. The molecule has 5 nitrogen and oxygen atoms in total. The van der Waals surface area contributed by atoms with Gasteiger partial charge in [-0.1, -0.05) is 19.3 Å². The number of aliphatic hydroxyl groups excluding tert-OH is 1.